The second-order valence-corrected chi connectivity index (χ2v) is 10.2. The lowest BCUT2D eigenvalue weighted by molar-refractivity contribution is -0.136. The van der Waals surface area contributed by atoms with Gasteiger partial charge in [-0.2, -0.15) is 5.10 Å². The Bertz CT molecular complexity index is 1460. The van der Waals surface area contributed by atoms with E-state index in [9.17, 15) is 14.4 Å². The lowest BCUT2D eigenvalue weighted by Crippen LogP contribution is -2.33. The van der Waals surface area contributed by atoms with Crippen LogP contribution in [0.2, 0.25) is 0 Å². The Morgan fingerprint density at radius 3 is 2.63 bits per heavy atom. The van der Waals surface area contributed by atoms with Crippen molar-refractivity contribution >= 4 is 34.6 Å². The van der Waals surface area contributed by atoms with Crippen LogP contribution in [0.5, 0.6) is 17.2 Å². The maximum Gasteiger partial charge on any atom is 0.312 e. The molecule has 192 valence electrons. The maximum atomic E-state index is 12.5. The summed E-state index contributed by atoms with van der Waals surface area (Å²) < 4.78 is 17.4. The lowest BCUT2D eigenvalue weighted by Gasteiger charge is -2.38. The molecule has 9 nitrogen and oxygen atoms in total. The quantitative estimate of drug-likeness (QED) is 0.365. The summed E-state index contributed by atoms with van der Waals surface area (Å²) in [6.07, 6.45) is -0.0233. The molecule has 0 bridgehead atoms. The van der Waals surface area contributed by atoms with E-state index in [-0.39, 0.29) is 18.2 Å². The zero-order valence-electron chi connectivity index (χ0n) is 20.3. The Kier molecular flexibility index (Phi) is 6.24. The molecule has 1 N–H and O–H groups in total. The highest BCUT2D eigenvalue weighted by molar-refractivity contribution is 8.15. The smallest absolute Gasteiger partial charge is 0.312 e. The van der Waals surface area contributed by atoms with Crippen LogP contribution in [0.3, 0.4) is 0 Å². The molecule has 3 aromatic rings. The van der Waals surface area contributed by atoms with Gasteiger partial charge in [-0.15, -0.1) is 0 Å². The topological polar surface area (TPSA) is 107 Å². The highest BCUT2D eigenvalue weighted by Gasteiger charge is 2.41. The molecule has 3 aliphatic rings. The minimum absolute atomic E-state index is 0.00132. The third-order valence-corrected chi connectivity index (χ3v) is 7.60. The van der Waals surface area contributed by atoms with Gasteiger partial charge in [0, 0.05) is 17.5 Å². The summed E-state index contributed by atoms with van der Waals surface area (Å²) in [5.74, 6) is 0.196. The molecule has 0 spiro atoms. The van der Waals surface area contributed by atoms with Gasteiger partial charge in [0.1, 0.15) is 11.0 Å². The summed E-state index contributed by atoms with van der Waals surface area (Å²) in [4.78, 5) is 35.7. The first kappa shape index (κ1) is 24.1. The van der Waals surface area contributed by atoms with E-state index >= 15 is 0 Å². The van der Waals surface area contributed by atoms with Crippen LogP contribution in [0, 0.1) is 0 Å². The van der Waals surface area contributed by atoms with E-state index in [0.717, 1.165) is 46.3 Å². The first-order chi connectivity index (χ1) is 18.5. The number of benzene rings is 3. The van der Waals surface area contributed by atoms with Gasteiger partial charge in [0.05, 0.1) is 25.3 Å². The molecular weight excluding hydrogens is 506 g/mol. The fourth-order valence-electron chi connectivity index (χ4n) is 4.82. The molecule has 10 heteroatoms. The molecule has 0 radical (unpaired) electrons. The van der Waals surface area contributed by atoms with E-state index < -0.39 is 28.6 Å². The number of hydrogen-bond donors (Lipinski definition) is 1. The van der Waals surface area contributed by atoms with Gasteiger partial charge in [0.2, 0.25) is 12.1 Å². The zero-order valence-corrected chi connectivity index (χ0v) is 21.1. The number of nitrogens with one attached hydrogen (secondary N) is 1. The molecule has 3 atom stereocenters. The summed E-state index contributed by atoms with van der Waals surface area (Å²) in [7, 11) is 1.48. The Balaban J connectivity index is 1.28. The SMILES string of the molecule is COc1cc(C2Oc3ccccc3C3CC(c4ccccc4)=NN32)ccc1OC(=O)CC1SC(=O)NC1=O. The Labute approximate surface area is 222 Å². The maximum absolute atomic E-state index is 12.5. The number of carbonyl (C=O) groups excluding carboxylic acids is 3. The number of amides is 2. The number of ether oxygens (including phenoxy) is 3. The van der Waals surface area contributed by atoms with Gasteiger partial charge in [-0.3, -0.25) is 19.7 Å². The summed E-state index contributed by atoms with van der Waals surface area (Å²) in [6.45, 7) is 0. The summed E-state index contributed by atoms with van der Waals surface area (Å²) >= 11 is 0.779. The fraction of sp³-hybridized carbons (Fsp3) is 0.214. The third-order valence-electron chi connectivity index (χ3n) is 6.62. The molecule has 3 aromatic carbocycles. The lowest BCUT2D eigenvalue weighted by atomic mass is 9.96. The second-order valence-electron chi connectivity index (χ2n) is 8.99. The molecule has 38 heavy (non-hydrogen) atoms. The van der Waals surface area contributed by atoms with Crippen LogP contribution in [0.25, 0.3) is 0 Å². The van der Waals surface area contributed by atoms with Crippen molar-refractivity contribution in [1.82, 2.24) is 10.3 Å². The van der Waals surface area contributed by atoms with Gasteiger partial charge in [0.25, 0.3) is 5.24 Å². The number of fused-ring (bicyclic) bond motifs is 3. The molecule has 1 saturated heterocycles. The highest BCUT2D eigenvalue weighted by atomic mass is 32.2. The molecule has 6 rings (SSSR count). The van der Waals surface area contributed by atoms with E-state index in [0.29, 0.717) is 5.75 Å². The highest BCUT2D eigenvalue weighted by Crippen LogP contribution is 2.48. The summed E-state index contributed by atoms with van der Waals surface area (Å²) in [5.41, 5.74) is 3.89. The van der Waals surface area contributed by atoms with Crippen molar-refractivity contribution in [2.45, 2.75) is 30.4 Å². The standard InChI is InChI=1S/C28H23N3O6S/c1-35-23-13-17(11-12-22(23)36-25(32)15-24-26(33)29-28(34)38-24)27-31-20(18-9-5-6-10-21(18)37-27)14-19(30-31)16-7-3-2-4-8-16/h2-13,20,24,27H,14-15H2,1H3,(H,29,33,34). The number of hydrazone groups is 1. The first-order valence-corrected chi connectivity index (χ1v) is 12.9. The van der Waals surface area contributed by atoms with Crippen molar-refractivity contribution in [1.29, 1.82) is 0 Å². The van der Waals surface area contributed by atoms with E-state index in [2.05, 4.69) is 23.5 Å². The van der Waals surface area contributed by atoms with Gasteiger partial charge in [0.15, 0.2) is 11.5 Å². The van der Waals surface area contributed by atoms with Gasteiger partial charge < -0.3 is 14.2 Å². The molecule has 0 aromatic heterocycles. The zero-order chi connectivity index (χ0) is 26.2. The second kappa shape index (κ2) is 9.86. The molecule has 0 saturated carbocycles. The number of hydrogen-bond acceptors (Lipinski definition) is 9. The van der Waals surface area contributed by atoms with E-state index in [1.54, 1.807) is 18.2 Å². The molecule has 2 amide bonds. The minimum Gasteiger partial charge on any atom is -0.493 e. The first-order valence-electron chi connectivity index (χ1n) is 12.1. The molecule has 1 fully saturated rings. The minimum atomic E-state index is -0.806. The largest absolute Gasteiger partial charge is 0.493 e. The number of nitrogens with zero attached hydrogens (tertiary/aromatic N) is 2. The van der Waals surface area contributed by atoms with E-state index in [4.69, 9.17) is 19.3 Å². The fourth-order valence-corrected chi connectivity index (χ4v) is 5.63. The Morgan fingerprint density at radius 2 is 1.87 bits per heavy atom. The molecule has 3 unspecified atom stereocenters. The predicted octanol–water partition coefficient (Wildman–Crippen LogP) is 4.58. The number of thioether (sulfide) groups is 1. The van der Waals surface area contributed by atoms with Crippen molar-refractivity contribution in [2.24, 2.45) is 5.10 Å². The number of rotatable bonds is 6. The van der Waals surface area contributed by atoms with Crippen LogP contribution in [0.1, 0.15) is 41.8 Å². The van der Waals surface area contributed by atoms with Gasteiger partial charge in [-0.1, -0.05) is 60.3 Å². The Hall–Kier alpha value is -4.31. The third kappa shape index (κ3) is 4.47. The van der Waals surface area contributed by atoms with Crippen molar-refractivity contribution in [3.8, 4) is 17.2 Å². The molecule has 3 aliphatic heterocycles. The predicted molar refractivity (Wildman–Crippen MR) is 140 cm³/mol. The summed E-state index contributed by atoms with van der Waals surface area (Å²) in [5, 5.41) is 7.82. The van der Waals surface area contributed by atoms with Crippen molar-refractivity contribution < 1.29 is 28.6 Å². The van der Waals surface area contributed by atoms with Crippen molar-refractivity contribution in [3.05, 3.63) is 89.5 Å². The van der Waals surface area contributed by atoms with Gasteiger partial charge >= 0.3 is 5.97 Å². The van der Waals surface area contributed by atoms with Crippen LogP contribution < -0.4 is 19.5 Å². The molecule has 0 aliphatic carbocycles. The van der Waals surface area contributed by atoms with Crippen molar-refractivity contribution in [3.63, 3.8) is 0 Å². The van der Waals surface area contributed by atoms with Crippen LogP contribution in [0.15, 0.2) is 77.9 Å². The molecule has 3 heterocycles. The average Bonchev–Trinajstić information content (AvgIpc) is 3.52. The van der Waals surface area contributed by atoms with Crippen LogP contribution in [0.4, 0.5) is 4.79 Å². The van der Waals surface area contributed by atoms with Gasteiger partial charge in [-0.25, -0.2) is 5.01 Å². The number of carbonyl (C=O) groups is 3. The monoisotopic (exact) mass is 529 g/mol. The number of methoxy groups -OCH3 is 1. The van der Waals surface area contributed by atoms with Crippen molar-refractivity contribution in [2.75, 3.05) is 7.11 Å². The van der Waals surface area contributed by atoms with Crippen LogP contribution in [-0.2, 0) is 9.59 Å². The van der Waals surface area contributed by atoms with E-state index in [1.807, 2.05) is 41.4 Å². The Morgan fingerprint density at radius 1 is 1.08 bits per heavy atom. The van der Waals surface area contributed by atoms with Crippen LogP contribution in [-0.4, -0.2) is 40.2 Å². The number of esters is 1. The average molecular weight is 530 g/mol. The van der Waals surface area contributed by atoms with Gasteiger partial charge in [-0.05, 0) is 29.8 Å². The number of imide groups is 1. The normalized spacial score (nSPS) is 21.7. The van der Waals surface area contributed by atoms with E-state index in [1.165, 1.54) is 7.11 Å². The molecular formula is C28H23N3O6S. The van der Waals surface area contributed by atoms with Crippen LogP contribution >= 0.6 is 11.8 Å². The summed E-state index contributed by atoms with van der Waals surface area (Å²) in [6, 6.07) is 23.2. The number of para-hydroxylation sites is 1.